The molecule has 0 saturated carbocycles. The van der Waals surface area contributed by atoms with E-state index in [1.807, 2.05) is 0 Å². The Morgan fingerprint density at radius 1 is 1.21 bits per heavy atom. The molecule has 4 nitrogen and oxygen atoms in total. The van der Waals surface area contributed by atoms with Gasteiger partial charge in [-0.2, -0.15) is 0 Å². The van der Waals surface area contributed by atoms with E-state index in [-0.39, 0.29) is 24.0 Å². The van der Waals surface area contributed by atoms with Crippen LogP contribution in [0.2, 0.25) is 0 Å². The van der Waals surface area contributed by atoms with Crippen molar-refractivity contribution in [3.63, 3.8) is 0 Å². The molecule has 1 fully saturated rings. The van der Waals surface area contributed by atoms with Crippen molar-refractivity contribution in [2.75, 3.05) is 32.7 Å². The Bertz CT molecular complexity index is 464. The van der Waals surface area contributed by atoms with E-state index in [2.05, 4.69) is 59.7 Å². The van der Waals surface area contributed by atoms with Crippen LogP contribution in [0.25, 0.3) is 0 Å². The van der Waals surface area contributed by atoms with Gasteiger partial charge in [0.15, 0.2) is 5.96 Å². The minimum Gasteiger partial charge on any atom is -0.357 e. The van der Waals surface area contributed by atoms with Gasteiger partial charge in [0.1, 0.15) is 0 Å². The lowest BCUT2D eigenvalue weighted by atomic mass is 10.1. The molecule has 2 rings (SSSR count). The summed E-state index contributed by atoms with van der Waals surface area (Å²) < 4.78 is 0. The summed E-state index contributed by atoms with van der Waals surface area (Å²) in [6.45, 7) is 9.51. The first-order chi connectivity index (χ1) is 11.3. The fraction of sp³-hybridized carbons (Fsp3) is 0.632. The molecule has 5 heteroatoms. The Kier molecular flexibility index (Phi) is 11.1. The van der Waals surface area contributed by atoms with Crippen LogP contribution >= 0.6 is 24.0 Å². The number of aryl methyl sites for hydroxylation is 1. The van der Waals surface area contributed by atoms with Crippen molar-refractivity contribution in [3.05, 3.63) is 35.9 Å². The smallest absolute Gasteiger partial charge is 0.191 e. The zero-order chi connectivity index (χ0) is 16.3. The topological polar surface area (TPSA) is 39.7 Å². The molecule has 1 aromatic carbocycles. The van der Waals surface area contributed by atoms with Crippen molar-refractivity contribution in [2.24, 2.45) is 4.99 Å². The third-order valence-corrected chi connectivity index (χ3v) is 4.49. The molecule has 1 aliphatic rings. The number of likely N-dealkylation sites (tertiary alicyclic amines) is 1. The van der Waals surface area contributed by atoms with Crippen molar-refractivity contribution < 1.29 is 0 Å². The number of nitrogens with one attached hydrogen (secondary N) is 2. The Morgan fingerprint density at radius 3 is 2.71 bits per heavy atom. The highest BCUT2D eigenvalue weighted by Gasteiger charge is 2.22. The fourth-order valence-electron chi connectivity index (χ4n) is 3.20. The highest BCUT2D eigenvalue weighted by Crippen LogP contribution is 2.16. The number of aliphatic imine (C=N–C) groups is 1. The summed E-state index contributed by atoms with van der Waals surface area (Å²) in [4.78, 5) is 7.34. The molecular formula is C19H33IN4. The SMILES string of the molecule is CCNC(=NCC1CCCN1CC)NCCCc1ccccc1.I. The summed E-state index contributed by atoms with van der Waals surface area (Å²) in [6, 6.07) is 11.3. The molecule has 136 valence electrons. The van der Waals surface area contributed by atoms with Gasteiger partial charge >= 0.3 is 0 Å². The van der Waals surface area contributed by atoms with Gasteiger partial charge in [-0.15, -0.1) is 24.0 Å². The molecule has 1 aliphatic heterocycles. The predicted molar refractivity (Wildman–Crippen MR) is 114 cm³/mol. The molecule has 0 bridgehead atoms. The van der Waals surface area contributed by atoms with E-state index in [1.165, 1.54) is 24.9 Å². The summed E-state index contributed by atoms with van der Waals surface area (Å²) in [6.07, 6.45) is 4.83. The first kappa shape index (κ1) is 21.2. The van der Waals surface area contributed by atoms with Gasteiger partial charge in [0, 0.05) is 19.1 Å². The second kappa shape index (κ2) is 12.5. The Labute approximate surface area is 164 Å². The number of hydrogen-bond donors (Lipinski definition) is 2. The standard InChI is InChI=1S/C19H32N4.HI/c1-3-20-19(22-16-18-13-9-15-23(18)4-2)21-14-8-12-17-10-6-5-7-11-17;/h5-7,10-11,18H,3-4,8-9,12-16H2,1-2H3,(H2,20,21,22);1H. The summed E-state index contributed by atoms with van der Waals surface area (Å²) in [7, 11) is 0. The maximum atomic E-state index is 4.79. The molecule has 0 radical (unpaired) electrons. The fourth-order valence-corrected chi connectivity index (χ4v) is 3.20. The van der Waals surface area contributed by atoms with Crippen molar-refractivity contribution in [1.82, 2.24) is 15.5 Å². The van der Waals surface area contributed by atoms with Gasteiger partial charge in [-0.05, 0) is 51.3 Å². The Balaban J connectivity index is 0.00000288. The van der Waals surface area contributed by atoms with E-state index >= 15 is 0 Å². The minimum absolute atomic E-state index is 0. The molecule has 1 heterocycles. The lowest BCUT2D eigenvalue weighted by Gasteiger charge is -2.21. The summed E-state index contributed by atoms with van der Waals surface area (Å²) >= 11 is 0. The normalized spacial score (nSPS) is 18.2. The molecule has 1 aromatic rings. The van der Waals surface area contributed by atoms with Crippen LogP contribution in [0.15, 0.2) is 35.3 Å². The van der Waals surface area contributed by atoms with Gasteiger partial charge in [-0.3, -0.25) is 9.89 Å². The van der Waals surface area contributed by atoms with Crippen molar-refractivity contribution >= 4 is 29.9 Å². The predicted octanol–water partition coefficient (Wildman–Crippen LogP) is 3.28. The zero-order valence-electron chi connectivity index (χ0n) is 15.1. The van der Waals surface area contributed by atoms with E-state index < -0.39 is 0 Å². The number of halogens is 1. The van der Waals surface area contributed by atoms with Crippen LogP contribution in [-0.4, -0.2) is 49.6 Å². The molecule has 1 unspecified atom stereocenters. The Morgan fingerprint density at radius 2 is 2.00 bits per heavy atom. The zero-order valence-corrected chi connectivity index (χ0v) is 17.5. The monoisotopic (exact) mass is 444 g/mol. The average molecular weight is 444 g/mol. The van der Waals surface area contributed by atoms with Gasteiger partial charge in [0.05, 0.1) is 6.54 Å². The van der Waals surface area contributed by atoms with Gasteiger partial charge < -0.3 is 10.6 Å². The maximum absolute atomic E-state index is 4.79. The quantitative estimate of drug-likeness (QED) is 0.280. The summed E-state index contributed by atoms with van der Waals surface area (Å²) in [5.74, 6) is 0.962. The molecule has 0 aliphatic carbocycles. The van der Waals surface area contributed by atoms with E-state index in [1.54, 1.807) is 0 Å². The lowest BCUT2D eigenvalue weighted by Crippen LogP contribution is -2.39. The van der Waals surface area contributed by atoms with Crippen LogP contribution in [0.5, 0.6) is 0 Å². The van der Waals surface area contributed by atoms with Crippen LogP contribution in [-0.2, 0) is 6.42 Å². The third kappa shape index (κ3) is 7.38. The van der Waals surface area contributed by atoms with Crippen molar-refractivity contribution in [1.29, 1.82) is 0 Å². The first-order valence-electron chi connectivity index (χ1n) is 9.13. The summed E-state index contributed by atoms with van der Waals surface area (Å²) in [5.41, 5.74) is 1.40. The molecule has 2 N–H and O–H groups in total. The number of rotatable bonds is 8. The van der Waals surface area contributed by atoms with Crippen molar-refractivity contribution in [2.45, 2.75) is 45.6 Å². The molecule has 0 aromatic heterocycles. The molecule has 0 amide bonds. The van der Waals surface area contributed by atoms with Gasteiger partial charge in [-0.25, -0.2) is 0 Å². The second-order valence-corrected chi connectivity index (χ2v) is 6.16. The second-order valence-electron chi connectivity index (χ2n) is 6.16. The van der Waals surface area contributed by atoms with Crippen LogP contribution in [0.1, 0.15) is 38.7 Å². The van der Waals surface area contributed by atoms with E-state index in [0.717, 1.165) is 45.0 Å². The maximum Gasteiger partial charge on any atom is 0.191 e. The molecule has 1 saturated heterocycles. The molecular weight excluding hydrogens is 411 g/mol. The third-order valence-electron chi connectivity index (χ3n) is 4.49. The van der Waals surface area contributed by atoms with Crippen LogP contribution in [0.3, 0.4) is 0 Å². The number of hydrogen-bond acceptors (Lipinski definition) is 2. The lowest BCUT2D eigenvalue weighted by molar-refractivity contribution is 0.273. The largest absolute Gasteiger partial charge is 0.357 e. The average Bonchev–Trinajstić information content (AvgIpc) is 3.05. The Hall–Kier alpha value is -0.820. The van der Waals surface area contributed by atoms with E-state index in [9.17, 15) is 0 Å². The number of guanidine groups is 1. The van der Waals surface area contributed by atoms with Crippen LogP contribution < -0.4 is 10.6 Å². The molecule has 24 heavy (non-hydrogen) atoms. The van der Waals surface area contributed by atoms with Crippen molar-refractivity contribution in [3.8, 4) is 0 Å². The number of nitrogens with zero attached hydrogens (tertiary/aromatic N) is 2. The highest BCUT2D eigenvalue weighted by molar-refractivity contribution is 14.0. The van der Waals surface area contributed by atoms with Gasteiger partial charge in [0.2, 0.25) is 0 Å². The van der Waals surface area contributed by atoms with Crippen LogP contribution in [0.4, 0.5) is 0 Å². The summed E-state index contributed by atoms with van der Waals surface area (Å²) in [5, 5.41) is 6.83. The minimum atomic E-state index is 0. The van der Waals surface area contributed by atoms with E-state index in [4.69, 9.17) is 4.99 Å². The number of benzene rings is 1. The first-order valence-corrected chi connectivity index (χ1v) is 9.13. The van der Waals surface area contributed by atoms with Crippen LogP contribution in [0, 0.1) is 0 Å². The van der Waals surface area contributed by atoms with Gasteiger partial charge in [0.25, 0.3) is 0 Å². The van der Waals surface area contributed by atoms with Gasteiger partial charge in [-0.1, -0.05) is 37.3 Å². The molecule has 0 spiro atoms. The molecule has 1 atom stereocenters. The highest BCUT2D eigenvalue weighted by atomic mass is 127. The van der Waals surface area contributed by atoms with E-state index in [0.29, 0.717) is 6.04 Å². The number of likely N-dealkylation sites (N-methyl/N-ethyl adjacent to an activating group) is 1.